The molecular formula is C8H16N2O2. The molecule has 1 heterocycles. The molecule has 1 rings (SSSR count). The van der Waals surface area contributed by atoms with Crippen molar-refractivity contribution in [2.24, 2.45) is 0 Å². The minimum atomic E-state index is -0.234. The Balaban J connectivity index is 2.39. The second kappa shape index (κ2) is 4.30. The van der Waals surface area contributed by atoms with Crippen LogP contribution in [-0.2, 0) is 4.74 Å². The van der Waals surface area contributed by atoms with Gasteiger partial charge in [-0.25, -0.2) is 4.79 Å². The molecule has 0 aromatic heterocycles. The van der Waals surface area contributed by atoms with Crippen molar-refractivity contribution in [3.8, 4) is 0 Å². The lowest BCUT2D eigenvalue weighted by atomic mass is 10.1. The number of amides is 1. The molecule has 1 aliphatic heterocycles. The standard InChI is InChI=1S/C8H16N2O2/c1-10(8(11)12-2)7-3-5-9-6-4-7/h7,9H,3-6H2,1-2H3. The normalized spacial score (nSPS) is 18.8. The maximum Gasteiger partial charge on any atom is 0.409 e. The van der Waals surface area contributed by atoms with Gasteiger partial charge in [-0.15, -0.1) is 0 Å². The van der Waals surface area contributed by atoms with Crippen LogP contribution in [0, 0.1) is 0 Å². The molecule has 0 spiro atoms. The first-order chi connectivity index (χ1) is 5.75. The zero-order valence-corrected chi connectivity index (χ0v) is 7.67. The molecule has 0 atom stereocenters. The quantitative estimate of drug-likeness (QED) is 0.624. The molecule has 1 amide bonds. The number of carbonyl (C=O) groups excluding carboxylic acids is 1. The molecule has 0 aliphatic carbocycles. The SMILES string of the molecule is COC(=O)N(C)C1CCNCC1. The Morgan fingerprint density at radius 1 is 1.50 bits per heavy atom. The summed E-state index contributed by atoms with van der Waals surface area (Å²) in [5.74, 6) is 0. The Hall–Kier alpha value is -0.770. The molecule has 0 aromatic carbocycles. The summed E-state index contributed by atoms with van der Waals surface area (Å²) in [6.45, 7) is 1.98. The van der Waals surface area contributed by atoms with Gasteiger partial charge in [0.15, 0.2) is 0 Å². The molecule has 12 heavy (non-hydrogen) atoms. The first-order valence-corrected chi connectivity index (χ1v) is 4.27. The first-order valence-electron chi connectivity index (χ1n) is 4.27. The van der Waals surface area contributed by atoms with E-state index in [1.807, 2.05) is 0 Å². The number of methoxy groups -OCH3 is 1. The summed E-state index contributed by atoms with van der Waals surface area (Å²) in [5.41, 5.74) is 0. The first kappa shape index (κ1) is 9.32. The molecule has 1 N–H and O–H groups in total. The Labute approximate surface area is 72.9 Å². The predicted molar refractivity (Wildman–Crippen MR) is 46.1 cm³/mol. The van der Waals surface area contributed by atoms with E-state index in [1.54, 1.807) is 11.9 Å². The van der Waals surface area contributed by atoms with Crippen LogP contribution in [0.1, 0.15) is 12.8 Å². The Morgan fingerprint density at radius 3 is 2.58 bits per heavy atom. The lowest BCUT2D eigenvalue weighted by molar-refractivity contribution is 0.109. The summed E-state index contributed by atoms with van der Waals surface area (Å²) < 4.78 is 4.63. The van der Waals surface area contributed by atoms with Gasteiger partial charge in [0.25, 0.3) is 0 Å². The van der Waals surface area contributed by atoms with Crippen LogP contribution >= 0.6 is 0 Å². The van der Waals surface area contributed by atoms with Crippen molar-refractivity contribution >= 4 is 6.09 Å². The highest BCUT2D eigenvalue weighted by molar-refractivity contribution is 5.67. The summed E-state index contributed by atoms with van der Waals surface area (Å²) >= 11 is 0. The zero-order valence-electron chi connectivity index (χ0n) is 7.67. The molecular weight excluding hydrogens is 156 g/mol. The van der Waals surface area contributed by atoms with Gasteiger partial charge in [-0.2, -0.15) is 0 Å². The van der Waals surface area contributed by atoms with Crippen molar-refractivity contribution in [2.45, 2.75) is 18.9 Å². The molecule has 0 unspecified atom stereocenters. The molecule has 1 fully saturated rings. The highest BCUT2D eigenvalue weighted by Crippen LogP contribution is 2.10. The van der Waals surface area contributed by atoms with E-state index in [2.05, 4.69) is 10.1 Å². The minimum absolute atomic E-state index is 0.234. The van der Waals surface area contributed by atoms with E-state index in [9.17, 15) is 4.79 Å². The van der Waals surface area contributed by atoms with E-state index in [0.29, 0.717) is 6.04 Å². The zero-order chi connectivity index (χ0) is 8.97. The van der Waals surface area contributed by atoms with Gasteiger partial charge >= 0.3 is 6.09 Å². The van der Waals surface area contributed by atoms with Gasteiger partial charge in [-0.05, 0) is 25.9 Å². The Kier molecular flexibility index (Phi) is 3.34. The number of nitrogens with one attached hydrogen (secondary N) is 1. The molecule has 4 heteroatoms. The Bertz CT molecular complexity index is 155. The van der Waals surface area contributed by atoms with E-state index < -0.39 is 0 Å². The molecule has 0 aromatic rings. The van der Waals surface area contributed by atoms with Crippen LogP contribution in [0.3, 0.4) is 0 Å². The molecule has 4 nitrogen and oxygen atoms in total. The smallest absolute Gasteiger partial charge is 0.409 e. The fourth-order valence-electron chi connectivity index (χ4n) is 1.49. The molecule has 0 bridgehead atoms. The van der Waals surface area contributed by atoms with Gasteiger partial charge in [-0.1, -0.05) is 0 Å². The van der Waals surface area contributed by atoms with Crippen molar-refractivity contribution < 1.29 is 9.53 Å². The average molecular weight is 172 g/mol. The molecule has 1 aliphatic rings. The molecule has 1 saturated heterocycles. The number of carbonyl (C=O) groups is 1. The number of ether oxygens (including phenoxy) is 1. The van der Waals surface area contributed by atoms with E-state index in [1.165, 1.54) is 7.11 Å². The second-order valence-electron chi connectivity index (χ2n) is 3.06. The van der Waals surface area contributed by atoms with Crippen LogP contribution < -0.4 is 5.32 Å². The van der Waals surface area contributed by atoms with Crippen LogP contribution in [-0.4, -0.2) is 44.3 Å². The van der Waals surface area contributed by atoms with Gasteiger partial charge in [0, 0.05) is 13.1 Å². The van der Waals surface area contributed by atoms with E-state index in [4.69, 9.17) is 0 Å². The third kappa shape index (κ3) is 2.11. The van der Waals surface area contributed by atoms with Crippen LogP contribution in [0.5, 0.6) is 0 Å². The van der Waals surface area contributed by atoms with Gasteiger partial charge < -0.3 is 15.0 Å². The topological polar surface area (TPSA) is 41.6 Å². The van der Waals surface area contributed by atoms with Crippen LogP contribution in [0.4, 0.5) is 4.79 Å². The van der Waals surface area contributed by atoms with Crippen LogP contribution in [0.15, 0.2) is 0 Å². The van der Waals surface area contributed by atoms with Crippen LogP contribution in [0.25, 0.3) is 0 Å². The van der Waals surface area contributed by atoms with Crippen molar-refractivity contribution in [1.82, 2.24) is 10.2 Å². The minimum Gasteiger partial charge on any atom is -0.453 e. The third-order valence-corrected chi connectivity index (χ3v) is 2.32. The summed E-state index contributed by atoms with van der Waals surface area (Å²) in [4.78, 5) is 12.8. The fraction of sp³-hybridized carbons (Fsp3) is 0.875. The third-order valence-electron chi connectivity index (χ3n) is 2.32. The lowest BCUT2D eigenvalue weighted by Crippen LogP contribution is -2.43. The Morgan fingerprint density at radius 2 is 2.08 bits per heavy atom. The maximum absolute atomic E-state index is 11.1. The highest BCUT2D eigenvalue weighted by Gasteiger charge is 2.21. The largest absolute Gasteiger partial charge is 0.453 e. The van der Waals surface area contributed by atoms with Crippen molar-refractivity contribution in [1.29, 1.82) is 0 Å². The number of piperidine rings is 1. The molecule has 0 radical (unpaired) electrons. The van der Waals surface area contributed by atoms with Gasteiger partial charge in [0.2, 0.25) is 0 Å². The number of hydrogen-bond acceptors (Lipinski definition) is 3. The van der Waals surface area contributed by atoms with Crippen molar-refractivity contribution in [2.75, 3.05) is 27.2 Å². The maximum atomic E-state index is 11.1. The van der Waals surface area contributed by atoms with Crippen molar-refractivity contribution in [3.05, 3.63) is 0 Å². The predicted octanol–water partition coefficient (Wildman–Crippen LogP) is 0.437. The lowest BCUT2D eigenvalue weighted by Gasteiger charge is -2.30. The van der Waals surface area contributed by atoms with Gasteiger partial charge in [-0.3, -0.25) is 0 Å². The summed E-state index contributed by atoms with van der Waals surface area (Å²) in [5, 5.41) is 3.25. The van der Waals surface area contributed by atoms with Crippen molar-refractivity contribution in [3.63, 3.8) is 0 Å². The van der Waals surface area contributed by atoms with E-state index in [0.717, 1.165) is 25.9 Å². The van der Waals surface area contributed by atoms with Crippen LogP contribution in [0.2, 0.25) is 0 Å². The number of nitrogens with zero attached hydrogens (tertiary/aromatic N) is 1. The number of rotatable bonds is 1. The van der Waals surface area contributed by atoms with E-state index >= 15 is 0 Å². The van der Waals surface area contributed by atoms with E-state index in [-0.39, 0.29) is 6.09 Å². The second-order valence-corrected chi connectivity index (χ2v) is 3.06. The molecule has 70 valence electrons. The van der Waals surface area contributed by atoms with Gasteiger partial charge in [0.1, 0.15) is 0 Å². The fourth-order valence-corrected chi connectivity index (χ4v) is 1.49. The summed E-state index contributed by atoms with van der Waals surface area (Å²) in [6.07, 6.45) is 1.80. The monoisotopic (exact) mass is 172 g/mol. The van der Waals surface area contributed by atoms with Gasteiger partial charge in [0.05, 0.1) is 7.11 Å². The highest BCUT2D eigenvalue weighted by atomic mass is 16.5. The summed E-state index contributed by atoms with van der Waals surface area (Å²) in [7, 11) is 3.21. The summed E-state index contributed by atoms with van der Waals surface area (Å²) in [6, 6.07) is 0.346. The average Bonchev–Trinajstić information content (AvgIpc) is 2.17. The number of hydrogen-bond donors (Lipinski definition) is 1. The molecule has 0 saturated carbocycles.